The van der Waals surface area contributed by atoms with Gasteiger partial charge in [0.1, 0.15) is 5.82 Å². The molecule has 0 amide bonds. The Balaban J connectivity index is 1.53. The molecule has 1 aliphatic rings. The van der Waals surface area contributed by atoms with Crippen LogP contribution in [0.1, 0.15) is 11.1 Å². The molecule has 5 nitrogen and oxygen atoms in total. The third-order valence-electron chi connectivity index (χ3n) is 5.45. The zero-order valence-corrected chi connectivity index (χ0v) is 21.0. The van der Waals surface area contributed by atoms with Crippen LogP contribution in [-0.2, 0) is 10.0 Å². The van der Waals surface area contributed by atoms with Gasteiger partial charge in [0.25, 0.3) is 10.0 Å². The molecular formula is C26H19FIN3O2S. The quantitative estimate of drug-likeness (QED) is 0.283. The number of aromatic nitrogens is 2. The number of rotatable bonds is 5. The van der Waals surface area contributed by atoms with Gasteiger partial charge in [-0.2, -0.15) is 0 Å². The van der Waals surface area contributed by atoms with Crippen molar-refractivity contribution in [3.05, 3.63) is 100 Å². The molecule has 1 aliphatic heterocycles. The van der Waals surface area contributed by atoms with E-state index in [-0.39, 0.29) is 25.6 Å². The van der Waals surface area contributed by atoms with E-state index in [9.17, 15) is 12.8 Å². The Morgan fingerprint density at radius 2 is 1.88 bits per heavy atom. The molecular weight excluding hydrogens is 564 g/mol. The summed E-state index contributed by atoms with van der Waals surface area (Å²) >= 11 is -0.0114. The Bertz CT molecular complexity index is 1630. The maximum Gasteiger partial charge on any atom is 0.262 e. The van der Waals surface area contributed by atoms with Crippen molar-refractivity contribution < 1.29 is 12.8 Å². The number of aryl methyl sites for hydroxylation is 1. The van der Waals surface area contributed by atoms with Crippen LogP contribution in [0.3, 0.4) is 0 Å². The Morgan fingerprint density at radius 1 is 1.00 bits per heavy atom. The van der Waals surface area contributed by atoms with Gasteiger partial charge in [-0.1, -0.05) is 32.9 Å². The minimum atomic E-state index is -3.98. The Morgan fingerprint density at radius 3 is 2.71 bits per heavy atom. The summed E-state index contributed by atoms with van der Waals surface area (Å²) in [6, 6.07) is 13.3. The number of fused-ring (bicyclic) bond motifs is 1. The van der Waals surface area contributed by atoms with Gasteiger partial charge in [-0.05, 0) is 85.8 Å². The Kier molecular flexibility index (Phi) is 6.09. The molecule has 5 rings (SSSR count). The van der Waals surface area contributed by atoms with Crippen molar-refractivity contribution in [1.82, 2.24) is 9.97 Å². The molecule has 0 bridgehead atoms. The number of pyridine rings is 2. The molecule has 3 heterocycles. The van der Waals surface area contributed by atoms with Crippen molar-refractivity contribution in [1.29, 1.82) is 0 Å². The van der Waals surface area contributed by atoms with Crippen molar-refractivity contribution >= 4 is 56.9 Å². The van der Waals surface area contributed by atoms with E-state index in [2.05, 4.69) is 34.9 Å². The highest BCUT2D eigenvalue weighted by Crippen LogP contribution is 2.31. The highest BCUT2D eigenvalue weighted by atomic mass is 127. The van der Waals surface area contributed by atoms with E-state index in [4.69, 9.17) is 0 Å². The largest absolute Gasteiger partial charge is 0.278 e. The third kappa shape index (κ3) is 4.55. The molecule has 4 aromatic rings. The summed E-state index contributed by atoms with van der Waals surface area (Å²) in [7, 11) is -3.98. The molecule has 0 radical (unpaired) electrons. The van der Waals surface area contributed by atoms with Gasteiger partial charge in [0, 0.05) is 23.3 Å². The van der Waals surface area contributed by atoms with Crippen LogP contribution in [0.15, 0.2) is 88.3 Å². The molecule has 0 aliphatic carbocycles. The molecule has 2 aromatic heterocycles. The van der Waals surface area contributed by atoms with E-state index in [1.807, 2.05) is 24.3 Å². The first-order valence-corrected chi connectivity index (χ1v) is 14.3. The van der Waals surface area contributed by atoms with Gasteiger partial charge in [-0.25, -0.2) is 12.8 Å². The topological polar surface area (TPSA) is 72.0 Å². The summed E-state index contributed by atoms with van der Waals surface area (Å²) in [5.41, 5.74) is 5.49. The van der Waals surface area contributed by atoms with E-state index in [0.717, 1.165) is 39.2 Å². The fraction of sp³-hybridized carbons (Fsp3) is 0.0385. The molecule has 170 valence electrons. The molecule has 0 saturated heterocycles. The Labute approximate surface area is 206 Å². The lowest BCUT2D eigenvalue weighted by molar-refractivity contribution is 0.594. The number of hydrogen-bond acceptors (Lipinski definition) is 4. The van der Waals surface area contributed by atoms with Crippen LogP contribution in [-0.4, -0.2) is 22.4 Å². The van der Waals surface area contributed by atoms with E-state index in [1.54, 1.807) is 25.4 Å². The number of hydrogen-bond donors (Lipinski definition) is 1. The van der Waals surface area contributed by atoms with Crippen molar-refractivity contribution in [2.75, 3.05) is 4.72 Å². The molecule has 0 unspecified atom stereocenters. The predicted molar refractivity (Wildman–Crippen MR) is 144 cm³/mol. The highest BCUT2D eigenvalue weighted by Gasteiger charge is 2.18. The lowest BCUT2D eigenvalue weighted by Crippen LogP contribution is -2.14. The standard InChI is InChI=1S/C26H19FIN3O2S/c1-17-2-4-21(27)14-26(17)34(32,33)31-22-12-20(15-29-16-22)19-3-5-25-24(13-19)23(8-11-30-25)18-6-9-28-10-7-18/h2-16,31H,1H3. The van der Waals surface area contributed by atoms with Gasteiger partial charge in [-0.3, -0.25) is 14.7 Å². The third-order valence-corrected chi connectivity index (χ3v) is 8.52. The molecule has 0 saturated carbocycles. The zero-order valence-electron chi connectivity index (χ0n) is 18.0. The number of sulfonamides is 1. The molecule has 0 fully saturated rings. The van der Waals surface area contributed by atoms with E-state index < -0.39 is 15.8 Å². The molecule has 8 heteroatoms. The van der Waals surface area contributed by atoms with Crippen LogP contribution in [0.2, 0.25) is 0 Å². The first kappa shape index (κ1) is 22.5. The highest BCUT2D eigenvalue weighted by molar-refractivity contribution is 14.2. The monoisotopic (exact) mass is 583 g/mol. The average molecular weight is 583 g/mol. The van der Waals surface area contributed by atoms with Crippen molar-refractivity contribution in [2.45, 2.75) is 11.8 Å². The molecule has 0 atom stereocenters. The lowest BCUT2D eigenvalue weighted by atomic mass is 9.97. The van der Waals surface area contributed by atoms with Gasteiger partial charge >= 0.3 is 0 Å². The number of allylic oxidation sites excluding steroid dienone is 3. The van der Waals surface area contributed by atoms with Gasteiger partial charge in [0.15, 0.2) is 0 Å². The summed E-state index contributed by atoms with van der Waals surface area (Å²) in [6.45, 7) is 1.62. The Hall–Kier alpha value is -3.24. The maximum absolute atomic E-state index is 13.7. The van der Waals surface area contributed by atoms with Gasteiger partial charge < -0.3 is 0 Å². The van der Waals surface area contributed by atoms with Crippen molar-refractivity contribution in [3.63, 3.8) is 0 Å². The minimum Gasteiger partial charge on any atom is -0.278 e. The number of halogens is 2. The van der Waals surface area contributed by atoms with Gasteiger partial charge in [-0.15, -0.1) is 0 Å². The second-order valence-corrected chi connectivity index (χ2v) is 11.5. The normalized spacial score (nSPS) is 13.4. The zero-order chi connectivity index (χ0) is 23.7. The van der Waals surface area contributed by atoms with Gasteiger partial charge in [0.2, 0.25) is 0 Å². The van der Waals surface area contributed by atoms with E-state index in [1.165, 1.54) is 18.3 Å². The predicted octanol–water partition coefficient (Wildman–Crippen LogP) is 6.23. The van der Waals surface area contributed by atoms with E-state index >= 15 is 0 Å². The summed E-state index contributed by atoms with van der Waals surface area (Å²) in [4.78, 5) is 8.62. The lowest BCUT2D eigenvalue weighted by Gasteiger charge is -2.12. The number of anilines is 1. The number of nitrogens with one attached hydrogen (secondary N) is 1. The van der Waals surface area contributed by atoms with Crippen LogP contribution < -0.4 is 4.72 Å². The second-order valence-electron chi connectivity index (χ2n) is 7.73. The summed E-state index contributed by atoms with van der Waals surface area (Å²) in [5.74, 6) is -0.610. The first-order valence-electron chi connectivity index (χ1n) is 10.4. The van der Waals surface area contributed by atoms with Crippen LogP contribution in [0.4, 0.5) is 10.1 Å². The SMILES string of the molecule is Cc1ccc(F)cc1S(=O)(=O)Nc1cncc(-c2ccc3nccc(C4=CC=IC=C4)c3c2)c1. The second kappa shape index (κ2) is 9.19. The minimum absolute atomic E-state index is 0.0114. The average Bonchev–Trinajstić information content (AvgIpc) is 2.85. The maximum atomic E-state index is 13.7. The smallest absolute Gasteiger partial charge is 0.262 e. The summed E-state index contributed by atoms with van der Waals surface area (Å²) in [5, 5.41) is 1.01. The molecule has 2 aromatic carbocycles. The molecule has 1 N–H and O–H groups in total. The van der Waals surface area contributed by atoms with Gasteiger partial charge in [0.05, 0.1) is 22.3 Å². The van der Waals surface area contributed by atoms with Crippen molar-refractivity contribution in [3.8, 4) is 11.1 Å². The molecule has 0 spiro atoms. The number of nitrogens with zero attached hydrogens (tertiary/aromatic N) is 2. The van der Waals surface area contributed by atoms with Crippen LogP contribution in [0.25, 0.3) is 27.6 Å². The first-order chi connectivity index (χ1) is 16.4. The fourth-order valence-electron chi connectivity index (χ4n) is 3.79. The van der Waals surface area contributed by atoms with Crippen LogP contribution in [0.5, 0.6) is 0 Å². The van der Waals surface area contributed by atoms with Crippen molar-refractivity contribution in [2.24, 2.45) is 0 Å². The molecule has 34 heavy (non-hydrogen) atoms. The van der Waals surface area contributed by atoms with E-state index in [0.29, 0.717) is 11.3 Å². The van der Waals surface area contributed by atoms with Crippen LogP contribution in [0, 0.1) is 12.7 Å². The number of benzene rings is 2. The fourth-order valence-corrected chi connectivity index (χ4v) is 6.51. The summed E-state index contributed by atoms with van der Waals surface area (Å²) < 4.78 is 46.4. The summed E-state index contributed by atoms with van der Waals surface area (Å²) in [6.07, 6.45) is 9.22. The van der Waals surface area contributed by atoms with Crippen LogP contribution >= 0.6 is 20.7 Å².